The lowest BCUT2D eigenvalue weighted by Gasteiger charge is -2.34. The van der Waals surface area contributed by atoms with Crippen molar-refractivity contribution in [1.82, 2.24) is 14.9 Å². The molecule has 1 aromatic carbocycles. The van der Waals surface area contributed by atoms with E-state index in [0.29, 0.717) is 31.3 Å². The van der Waals surface area contributed by atoms with Gasteiger partial charge in [-0.15, -0.1) is 0 Å². The molecule has 3 aliphatic rings. The van der Waals surface area contributed by atoms with Gasteiger partial charge in [0, 0.05) is 37.0 Å². The molecule has 0 N–H and O–H groups in total. The lowest BCUT2D eigenvalue weighted by atomic mass is 10.0. The quantitative estimate of drug-likeness (QED) is 0.790. The van der Waals surface area contributed by atoms with Gasteiger partial charge >= 0.3 is 0 Å². The average molecular weight is 380 g/mol. The highest BCUT2D eigenvalue weighted by Crippen LogP contribution is 2.43. The van der Waals surface area contributed by atoms with Crippen LogP contribution in [0.5, 0.6) is 11.5 Å². The van der Waals surface area contributed by atoms with Gasteiger partial charge in [0.2, 0.25) is 5.91 Å². The van der Waals surface area contributed by atoms with Crippen molar-refractivity contribution in [2.45, 2.75) is 31.8 Å². The summed E-state index contributed by atoms with van der Waals surface area (Å²) in [6.07, 6.45) is 6.78. The van der Waals surface area contributed by atoms with Gasteiger partial charge in [0.1, 0.15) is 18.9 Å². The van der Waals surface area contributed by atoms with Crippen LogP contribution in [-0.2, 0) is 11.3 Å². The minimum absolute atomic E-state index is 0.0550. The fourth-order valence-corrected chi connectivity index (χ4v) is 3.78. The molecule has 0 radical (unpaired) electrons. The fourth-order valence-electron chi connectivity index (χ4n) is 3.78. The lowest BCUT2D eigenvalue weighted by Crippen LogP contribution is -2.42. The Bertz CT molecular complexity index is 929. The van der Waals surface area contributed by atoms with Crippen molar-refractivity contribution in [3.63, 3.8) is 0 Å². The maximum Gasteiger partial charge on any atom is 0.278 e. The number of rotatable bonds is 2. The molecule has 2 amide bonds. The van der Waals surface area contributed by atoms with E-state index in [9.17, 15) is 9.59 Å². The number of amides is 2. The molecule has 2 aromatic rings. The van der Waals surface area contributed by atoms with E-state index in [1.54, 1.807) is 4.90 Å². The first-order valence-electron chi connectivity index (χ1n) is 9.51. The molecule has 0 spiro atoms. The van der Waals surface area contributed by atoms with Crippen molar-refractivity contribution in [3.05, 3.63) is 42.0 Å². The van der Waals surface area contributed by atoms with Crippen molar-refractivity contribution in [3.8, 4) is 11.5 Å². The van der Waals surface area contributed by atoms with Crippen LogP contribution >= 0.6 is 0 Å². The molecule has 1 fully saturated rings. The number of fused-ring (bicyclic) bond motifs is 3. The van der Waals surface area contributed by atoms with Crippen molar-refractivity contribution in [2.24, 2.45) is 0 Å². The molecule has 0 atom stereocenters. The summed E-state index contributed by atoms with van der Waals surface area (Å²) >= 11 is 0. The molecule has 0 bridgehead atoms. The second kappa shape index (κ2) is 6.78. The van der Waals surface area contributed by atoms with Crippen molar-refractivity contribution >= 4 is 17.5 Å². The van der Waals surface area contributed by atoms with E-state index in [2.05, 4.69) is 9.97 Å². The summed E-state index contributed by atoms with van der Waals surface area (Å²) in [6.45, 7) is 1.62. The molecule has 5 rings (SSSR count). The zero-order valence-electron chi connectivity index (χ0n) is 15.3. The Balaban J connectivity index is 1.61. The third kappa shape index (κ3) is 2.94. The first-order chi connectivity index (χ1) is 13.7. The largest absolute Gasteiger partial charge is 0.486 e. The Morgan fingerprint density at radius 3 is 2.79 bits per heavy atom. The molecule has 0 saturated heterocycles. The van der Waals surface area contributed by atoms with Crippen LogP contribution in [0, 0.1) is 0 Å². The Morgan fingerprint density at radius 1 is 1.14 bits per heavy atom. The van der Waals surface area contributed by atoms with Crippen LogP contribution in [0.2, 0.25) is 0 Å². The molecule has 144 valence electrons. The van der Waals surface area contributed by atoms with Gasteiger partial charge in [0.15, 0.2) is 11.5 Å². The summed E-state index contributed by atoms with van der Waals surface area (Å²) in [4.78, 5) is 37.6. The van der Waals surface area contributed by atoms with E-state index >= 15 is 0 Å². The van der Waals surface area contributed by atoms with Crippen molar-refractivity contribution in [2.75, 3.05) is 24.7 Å². The van der Waals surface area contributed by atoms with Gasteiger partial charge in [-0.1, -0.05) is 0 Å². The number of anilines is 1. The Hall–Kier alpha value is -3.16. The van der Waals surface area contributed by atoms with E-state index in [1.807, 2.05) is 17.0 Å². The first kappa shape index (κ1) is 17.0. The topological polar surface area (TPSA) is 84.9 Å². The van der Waals surface area contributed by atoms with Gasteiger partial charge in [-0.2, -0.15) is 0 Å². The Kier molecular flexibility index (Phi) is 4.11. The first-order valence-corrected chi connectivity index (χ1v) is 9.51. The number of hydrogen-bond acceptors (Lipinski definition) is 6. The number of carbonyl (C=O) groups is 2. The summed E-state index contributed by atoms with van der Waals surface area (Å²) in [6, 6.07) is 3.98. The van der Waals surface area contributed by atoms with Gasteiger partial charge in [-0.3, -0.25) is 14.6 Å². The van der Waals surface area contributed by atoms with Gasteiger partial charge in [-0.05, 0) is 25.0 Å². The molecule has 2 aliphatic heterocycles. The highest BCUT2D eigenvalue weighted by atomic mass is 16.6. The number of aromatic nitrogens is 2. The minimum atomic E-state index is -0.279. The van der Waals surface area contributed by atoms with Crippen molar-refractivity contribution in [1.29, 1.82) is 0 Å². The Morgan fingerprint density at radius 2 is 2.00 bits per heavy atom. The van der Waals surface area contributed by atoms with E-state index in [4.69, 9.17) is 9.47 Å². The van der Waals surface area contributed by atoms with Crippen LogP contribution < -0.4 is 14.4 Å². The van der Waals surface area contributed by atoms with Gasteiger partial charge in [-0.25, -0.2) is 4.98 Å². The van der Waals surface area contributed by atoms with Crippen molar-refractivity contribution < 1.29 is 19.1 Å². The van der Waals surface area contributed by atoms with E-state index in [-0.39, 0.29) is 36.5 Å². The molecule has 1 aromatic heterocycles. The number of ether oxygens (including phenoxy) is 2. The lowest BCUT2D eigenvalue weighted by molar-refractivity contribution is -0.132. The molecular weight excluding hydrogens is 360 g/mol. The predicted octanol–water partition coefficient (Wildman–Crippen LogP) is 1.79. The summed E-state index contributed by atoms with van der Waals surface area (Å²) < 4.78 is 11.6. The second-order valence-electron chi connectivity index (χ2n) is 7.14. The van der Waals surface area contributed by atoms with Crippen LogP contribution in [0.3, 0.4) is 0 Å². The molecule has 8 nitrogen and oxygen atoms in total. The molecule has 3 heterocycles. The molecule has 1 saturated carbocycles. The van der Waals surface area contributed by atoms with E-state index < -0.39 is 0 Å². The third-order valence-electron chi connectivity index (χ3n) is 5.29. The monoisotopic (exact) mass is 380 g/mol. The summed E-state index contributed by atoms with van der Waals surface area (Å²) in [5.41, 5.74) is 1.79. The molecule has 28 heavy (non-hydrogen) atoms. The molecule has 0 unspecified atom stereocenters. The highest BCUT2D eigenvalue weighted by molar-refractivity contribution is 6.06. The molecule has 1 aliphatic carbocycles. The van der Waals surface area contributed by atoms with Gasteiger partial charge in [0.05, 0.1) is 18.4 Å². The summed E-state index contributed by atoms with van der Waals surface area (Å²) in [5, 5.41) is 0. The van der Waals surface area contributed by atoms with Gasteiger partial charge in [0.25, 0.3) is 5.91 Å². The fraction of sp³-hybridized carbons (Fsp3) is 0.400. The standard InChI is InChI=1S/C20H20N4O4/c25-18-5-8-23(20(26)15-11-21-6-7-22-15)16-3-4-17-19(28-10-9-27-17)14(16)12-24(18)13-1-2-13/h3-4,6-7,11,13H,1-2,5,8-10,12H2. The predicted molar refractivity (Wildman–Crippen MR) is 99.3 cm³/mol. The van der Waals surface area contributed by atoms with Crippen LogP contribution in [0.4, 0.5) is 5.69 Å². The number of nitrogens with zero attached hydrogens (tertiary/aromatic N) is 4. The van der Waals surface area contributed by atoms with Crippen LogP contribution in [0.15, 0.2) is 30.7 Å². The molecular formula is C20H20N4O4. The SMILES string of the molecule is O=C(c1cnccn1)N1CCC(=O)N(C2CC2)Cc2c1ccc1c2OCCO1. The number of hydrogen-bond donors (Lipinski definition) is 0. The van der Waals surface area contributed by atoms with Crippen LogP contribution in [0.25, 0.3) is 0 Å². The maximum absolute atomic E-state index is 13.2. The maximum atomic E-state index is 13.2. The van der Waals surface area contributed by atoms with Gasteiger partial charge < -0.3 is 19.3 Å². The smallest absolute Gasteiger partial charge is 0.278 e. The van der Waals surface area contributed by atoms with E-state index in [1.165, 1.54) is 18.6 Å². The average Bonchev–Trinajstić information content (AvgIpc) is 3.56. The number of benzene rings is 1. The zero-order valence-corrected chi connectivity index (χ0v) is 15.3. The van der Waals surface area contributed by atoms with Crippen LogP contribution in [-0.4, -0.2) is 52.5 Å². The van der Waals surface area contributed by atoms with Crippen LogP contribution in [0.1, 0.15) is 35.3 Å². The summed E-state index contributed by atoms with van der Waals surface area (Å²) in [7, 11) is 0. The zero-order chi connectivity index (χ0) is 19.1. The normalized spacial score (nSPS) is 18.9. The third-order valence-corrected chi connectivity index (χ3v) is 5.29. The van der Waals surface area contributed by atoms with E-state index in [0.717, 1.165) is 24.1 Å². The Labute approximate surface area is 162 Å². The minimum Gasteiger partial charge on any atom is -0.486 e. The summed E-state index contributed by atoms with van der Waals surface area (Å²) in [5.74, 6) is 1.06. The molecule has 8 heteroatoms. The highest BCUT2D eigenvalue weighted by Gasteiger charge is 2.37. The second-order valence-corrected chi connectivity index (χ2v) is 7.14. The number of carbonyl (C=O) groups excluding carboxylic acids is 2.